The number of amides is 3. The zero-order valence-electron chi connectivity index (χ0n) is 19.5. The molecule has 0 aliphatic rings. The quantitative estimate of drug-likeness (QED) is 0.116. The van der Waals surface area contributed by atoms with Gasteiger partial charge in [-0.2, -0.15) is 0 Å². The minimum absolute atomic E-state index is 0.0148. The first kappa shape index (κ1) is 28.7. The number of carboxylic acids is 2. The maximum Gasteiger partial charge on any atom is 0.326 e. The maximum absolute atomic E-state index is 12.7. The predicted molar refractivity (Wildman–Crippen MR) is 134 cm³/mol. The number of aliphatic imine (C=N–C) groups is 1. The van der Waals surface area contributed by atoms with Gasteiger partial charge in [0, 0.05) is 18.2 Å². The molecule has 1 aromatic heterocycles. The van der Waals surface area contributed by atoms with Crippen LogP contribution in [0.15, 0.2) is 40.7 Å². The molecule has 1 heterocycles. The fourth-order valence-electron chi connectivity index (χ4n) is 3.03. The average molecular weight is 534 g/mol. The van der Waals surface area contributed by atoms with E-state index in [-0.39, 0.29) is 42.6 Å². The Hall–Kier alpha value is -4.53. The Morgan fingerprint density at radius 1 is 1.00 bits per heavy atom. The summed E-state index contributed by atoms with van der Waals surface area (Å²) in [5.41, 5.74) is 11.3. The van der Waals surface area contributed by atoms with Crippen molar-refractivity contribution in [2.45, 2.75) is 37.8 Å². The van der Waals surface area contributed by atoms with Crippen LogP contribution < -0.4 is 27.4 Å². The van der Waals surface area contributed by atoms with Gasteiger partial charge in [-0.1, -0.05) is 30.3 Å². The van der Waals surface area contributed by atoms with E-state index in [0.29, 0.717) is 5.56 Å². The van der Waals surface area contributed by atoms with Crippen molar-refractivity contribution in [1.82, 2.24) is 15.6 Å². The SMILES string of the molecule is NC(N)=NCCC(=O)Nc1nc(CC(=O)N[C@@H](CC(=O)O)C(=O)N[C@@H](Cc2ccccc2)C(=O)O)cs1. The first-order valence-electron chi connectivity index (χ1n) is 10.9. The lowest BCUT2D eigenvalue weighted by molar-refractivity contribution is -0.143. The number of aromatic nitrogens is 1. The summed E-state index contributed by atoms with van der Waals surface area (Å²) in [4.78, 5) is 67.8. The van der Waals surface area contributed by atoms with Crippen molar-refractivity contribution < 1.29 is 34.2 Å². The Morgan fingerprint density at radius 2 is 1.70 bits per heavy atom. The minimum atomic E-state index is -1.52. The van der Waals surface area contributed by atoms with Crippen molar-refractivity contribution in [1.29, 1.82) is 0 Å². The molecule has 0 aliphatic heterocycles. The lowest BCUT2D eigenvalue weighted by atomic mass is 10.1. The third-order valence-corrected chi connectivity index (χ3v) is 5.51. The second kappa shape index (κ2) is 14.1. The molecule has 2 atom stereocenters. The molecule has 3 amide bonds. The fourth-order valence-corrected chi connectivity index (χ4v) is 3.76. The highest BCUT2D eigenvalue weighted by Gasteiger charge is 2.28. The normalized spacial score (nSPS) is 12.0. The van der Waals surface area contributed by atoms with Gasteiger partial charge in [-0.3, -0.25) is 24.2 Å². The van der Waals surface area contributed by atoms with Gasteiger partial charge >= 0.3 is 11.9 Å². The molecule has 2 aromatic rings. The Balaban J connectivity index is 1.97. The monoisotopic (exact) mass is 533 g/mol. The number of carboxylic acid groups (broad SMARTS) is 2. The van der Waals surface area contributed by atoms with Gasteiger partial charge in [-0.25, -0.2) is 9.78 Å². The van der Waals surface area contributed by atoms with Crippen molar-refractivity contribution in [3.05, 3.63) is 47.0 Å². The molecule has 14 nitrogen and oxygen atoms in total. The van der Waals surface area contributed by atoms with Gasteiger partial charge in [0.05, 0.1) is 25.1 Å². The molecule has 2 rings (SSSR count). The van der Waals surface area contributed by atoms with E-state index >= 15 is 0 Å². The highest BCUT2D eigenvalue weighted by atomic mass is 32.1. The molecule has 0 aliphatic carbocycles. The van der Waals surface area contributed by atoms with Crippen molar-refractivity contribution >= 4 is 52.1 Å². The Labute approximate surface area is 215 Å². The zero-order chi connectivity index (χ0) is 27.4. The number of rotatable bonds is 14. The third-order valence-electron chi connectivity index (χ3n) is 4.70. The largest absolute Gasteiger partial charge is 0.481 e. The molecular formula is C22H27N7O7S. The molecule has 9 N–H and O–H groups in total. The van der Waals surface area contributed by atoms with Gasteiger partial charge in [-0.15, -0.1) is 11.3 Å². The van der Waals surface area contributed by atoms with Crippen LogP contribution >= 0.6 is 11.3 Å². The highest BCUT2D eigenvalue weighted by Crippen LogP contribution is 2.16. The van der Waals surface area contributed by atoms with Crippen molar-refractivity contribution in [3.8, 4) is 0 Å². The Morgan fingerprint density at radius 3 is 2.32 bits per heavy atom. The summed E-state index contributed by atoms with van der Waals surface area (Å²) < 4.78 is 0. The number of nitrogens with two attached hydrogens (primary N) is 2. The van der Waals surface area contributed by atoms with E-state index in [1.165, 1.54) is 5.38 Å². The van der Waals surface area contributed by atoms with E-state index in [4.69, 9.17) is 11.5 Å². The molecule has 1 aromatic carbocycles. The van der Waals surface area contributed by atoms with E-state index in [9.17, 15) is 34.2 Å². The maximum atomic E-state index is 12.7. The molecule has 37 heavy (non-hydrogen) atoms. The van der Waals surface area contributed by atoms with Crippen LogP contribution in [0.3, 0.4) is 0 Å². The second-order valence-corrected chi connectivity index (χ2v) is 8.59. The number of hydrogen-bond acceptors (Lipinski definition) is 8. The van der Waals surface area contributed by atoms with Crippen LogP contribution in [0.2, 0.25) is 0 Å². The van der Waals surface area contributed by atoms with Crippen LogP contribution in [0.1, 0.15) is 24.1 Å². The number of aliphatic carboxylic acids is 2. The fraction of sp³-hybridized carbons (Fsp3) is 0.318. The van der Waals surface area contributed by atoms with E-state index in [1.807, 2.05) is 0 Å². The molecule has 0 fully saturated rings. The standard InChI is InChI=1S/C22H27N7O7S/c23-21(24)25-7-6-16(30)29-22-26-13(11-37-22)9-17(31)27-14(10-18(32)33)19(34)28-15(20(35)36)8-12-4-2-1-3-5-12/h1-5,11,14-15H,6-10H2,(H,27,31)(H,28,34)(H,32,33)(H,35,36)(H4,23,24,25)(H,26,29,30)/t14-,15-/m0/s1. The lowest BCUT2D eigenvalue weighted by Gasteiger charge is -2.20. The van der Waals surface area contributed by atoms with Gasteiger partial charge < -0.3 is 37.6 Å². The topological polar surface area (TPSA) is 239 Å². The summed E-state index contributed by atoms with van der Waals surface area (Å²) in [5, 5.41) is 27.5. The van der Waals surface area contributed by atoms with Crippen molar-refractivity contribution in [2.24, 2.45) is 16.5 Å². The molecule has 0 bridgehead atoms. The second-order valence-electron chi connectivity index (χ2n) is 7.73. The Bertz CT molecular complexity index is 1150. The van der Waals surface area contributed by atoms with Crippen molar-refractivity contribution in [2.75, 3.05) is 11.9 Å². The third kappa shape index (κ3) is 10.7. The summed E-state index contributed by atoms with van der Waals surface area (Å²) in [5.74, 6) is -4.88. The molecule has 0 saturated carbocycles. The van der Waals surface area contributed by atoms with Gasteiger partial charge in [0.2, 0.25) is 17.7 Å². The summed E-state index contributed by atoms with van der Waals surface area (Å²) in [6.45, 7) is 0.0932. The number of carbonyl (C=O) groups is 5. The van der Waals surface area contributed by atoms with E-state index in [1.54, 1.807) is 30.3 Å². The number of guanidine groups is 1. The van der Waals surface area contributed by atoms with E-state index in [0.717, 1.165) is 11.3 Å². The van der Waals surface area contributed by atoms with Gasteiger partial charge in [-0.05, 0) is 5.56 Å². The number of nitrogens with zero attached hydrogens (tertiary/aromatic N) is 2. The molecule has 198 valence electrons. The van der Waals surface area contributed by atoms with Crippen molar-refractivity contribution in [3.63, 3.8) is 0 Å². The average Bonchev–Trinajstić information content (AvgIpc) is 3.24. The van der Waals surface area contributed by atoms with Crippen LogP contribution in [-0.4, -0.2) is 69.4 Å². The number of anilines is 1. The first-order chi connectivity index (χ1) is 17.5. The number of carbonyl (C=O) groups excluding carboxylic acids is 3. The minimum Gasteiger partial charge on any atom is -0.481 e. The van der Waals surface area contributed by atoms with E-state index in [2.05, 4.69) is 25.9 Å². The predicted octanol–water partition coefficient (Wildman–Crippen LogP) is -0.941. The van der Waals surface area contributed by atoms with Crippen LogP contribution in [0.4, 0.5) is 5.13 Å². The smallest absolute Gasteiger partial charge is 0.326 e. The molecule has 15 heteroatoms. The summed E-state index contributed by atoms with van der Waals surface area (Å²) in [6, 6.07) is 5.71. The molecule has 0 radical (unpaired) electrons. The molecule has 0 spiro atoms. The lowest BCUT2D eigenvalue weighted by Crippen LogP contribution is -2.53. The highest BCUT2D eigenvalue weighted by molar-refractivity contribution is 7.13. The number of hydrogen-bond donors (Lipinski definition) is 7. The number of nitrogens with one attached hydrogen (secondary N) is 3. The summed E-state index contributed by atoms with van der Waals surface area (Å²) in [7, 11) is 0. The van der Waals surface area contributed by atoms with Gasteiger partial charge in [0.1, 0.15) is 12.1 Å². The molecule has 0 saturated heterocycles. The van der Waals surface area contributed by atoms with Crippen LogP contribution in [-0.2, 0) is 36.8 Å². The first-order valence-corrected chi connectivity index (χ1v) is 11.8. The molecule has 0 unspecified atom stereocenters. The van der Waals surface area contributed by atoms with Crippen LogP contribution in [0.5, 0.6) is 0 Å². The van der Waals surface area contributed by atoms with Gasteiger partial charge in [0.25, 0.3) is 0 Å². The van der Waals surface area contributed by atoms with Gasteiger partial charge in [0.15, 0.2) is 11.1 Å². The number of thiazole rings is 1. The summed E-state index contributed by atoms with van der Waals surface area (Å²) in [6.07, 6.45) is -1.09. The Kier molecular flexibility index (Phi) is 11.0. The number of benzene rings is 1. The van der Waals surface area contributed by atoms with E-state index < -0.39 is 48.2 Å². The van der Waals surface area contributed by atoms with Crippen LogP contribution in [0.25, 0.3) is 0 Å². The zero-order valence-corrected chi connectivity index (χ0v) is 20.4. The summed E-state index contributed by atoms with van der Waals surface area (Å²) >= 11 is 1.06. The molecular weight excluding hydrogens is 506 g/mol. The van der Waals surface area contributed by atoms with Crippen LogP contribution in [0, 0.1) is 0 Å².